The van der Waals surface area contributed by atoms with E-state index in [0.717, 1.165) is 31.2 Å². The topological polar surface area (TPSA) is 54.3 Å². The number of aromatic nitrogens is 3. The highest BCUT2D eigenvalue weighted by Crippen LogP contribution is 2.43. The van der Waals surface area contributed by atoms with E-state index in [4.69, 9.17) is 0 Å². The van der Waals surface area contributed by atoms with Crippen LogP contribution in [0.5, 0.6) is 0 Å². The maximum atomic E-state index is 13.1. The molecule has 25 heavy (non-hydrogen) atoms. The van der Waals surface area contributed by atoms with Crippen LogP contribution < -0.4 is 0 Å². The van der Waals surface area contributed by atoms with Gasteiger partial charge in [-0.2, -0.15) is 5.10 Å². The normalized spacial score (nSPS) is 22.9. The maximum absolute atomic E-state index is 13.1. The lowest BCUT2D eigenvalue weighted by atomic mass is 9.79. The molecule has 1 saturated heterocycles. The van der Waals surface area contributed by atoms with E-state index in [1.807, 2.05) is 18.5 Å². The van der Waals surface area contributed by atoms with Gasteiger partial charge in [-0.05, 0) is 46.7 Å². The van der Waals surface area contributed by atoms with Gasteiger partial charge in [-0.15, -0.1) is 0 Å². The first-order valence-electron chi connectivity index (χ1n) is 9.84. The molecule has 0 aromatic carbocycles. The molecule has 2 heterocycles. The fraction of sp³-hybridized carbons (Fsp3) is 0.842. The van der Waals surface area contributed by atoms with Crippen LogP contribution in [-0.2, 0) is 11.3 Å². The summed E-state index contributed by atoms with van der Waals surface area (Å²) in [4.78, 5) is 22.1. The van der Waals surface area contributed by atoms with Gasteiger partial charge in [0.25, 0.3) is 0 Å². The number of rotatable bonds is 5. The number of carbonyl (C=O) groups excluding carboxylic acids is 1. The molecule has 3 rings (SSSR count). The summed E-state index contributed by atoms with van der Waals surface area (Å²) in [6.45, 7) is 8.61. The van der Waals surface area contributed by atoms with Crippen molar-refractivity contribution in [3.05, 3.63) is 11.6 Å². The molecule has 1 aliphatic carbocycles. The van der Waals surface area contributed by atoms with Gasteiger partial charge in [0, 0.05) is 24.5 Å². The quantitative estimate of drug-likeness (QED) is 0.821. The third kappa shape index (κ3) is 3.73. The van der Waals surface area contributed by atoms with Gasteiger partial charge in [0.2, 0.25) is 5.91 Å². The minimum Gasteiger partial charge on any atom is -0.335 e. The first-order chi connectivity index (χ1) is 11.9. The Morgan fingerprint density at radius 3 is 2.60 bits per heavy atom. The van der Waals surface area contributed by atoms with E-state index in [1.54, 1.807) is 0 Å². The Kier molecular flexibility index (Phi) is 5.46. The van der Waals surface area contributed by atoms with Crippen LogP contribution in [0.25, 0.3) is 0 Å². The molecule has 1 saturated carbocycles. The van der Waals surface area contributed by atoms with Gasteiger partial charge >= 0.3 is 0 Å². The van der Waals surface area contributed by atoms with Crippen molar-refractivity contribution in [3.8, 4) is 0 Å². The number of likely N-dealkylation sites (tertiary alicyclic amines) is 1. The Hall–Kier alpha value is -1.43. The highest BCUT2D eigenvalue weighted by atomic mass is 16.2. The van der Waals surface area contributed by atoms with Crippen molar-refractivity contribution in [2.24, 2.45) is 0 Å². The molecule has 6 heteroatoms. The Labute approximate surface area is 151 Å². The van der Waals surface area contributed by atoms with E-state index in [-0.39, 0.29) is 5.54 Å². The van der Waals surface area contributed by atoms with E-state index in [1.165, 1.54) is 32.1 Å². The van der Waals surface area contributed by atoms with Gasteiger partial charge in [0.15, 0.2) is 0 Å². The van der Waals surface area contributed by atoms with Crippen molar-refractivity contribution < 1.29 is 4.79 Å². The van der Waals surface area contributed by atoms with Gasteiger partial charge in [0.1, 0.15) is 11.6 Å². The predicted octanol–water partition coefficient (Wildman–Crippen LogP) is 2.54. The minimum atomic E-state index is 0.108. The van der Waals surface area contributed by atoms with Crippen LogP contribution in [0.4, 0.5) is 0 Å². The molecule has 0 N–H and O–H groups in total. The zero-order valence-electron chi connectivity index (χ0n) is 16.3. The fourth-order valence-electron chi connectivity index (χ4n) is 4.73. The zero-order valence-corrected chi connectivity index (χ0v) is 16.3. The summed E-state index contributed by atoms with van der Waals surface area (Å²) in [5.74, 6) is 1.96. The summed E-state index contributed by atoms with van der Waals surface area (Å²) >= 11 is 0. The summed E-state index contributed by atoms with van der Waals surface area (Å²) in [6, 6.07) is 0.502. The SMILES string of the molecule is CCN(C)[C@@H]1CN(C(=O)CCn2nc(C)nc2C)C2(CCCCC2)C1. The summed E-state index contributed by atoms with van der Waals surface area (Å²) in [5, 5.41) is 4.40. The standard InChI is InChI=1S/C19H33N5O/c1-5-22(4)17-13-19(10-7-6-8-11-19)23(14-17)18(25)9-12-24-16(3)20-15(2)21-24/h17H,5-14H2,1-4H3/t17-/m0/s1. The third-order valence-corrected chi connectivity index (χ3v) is 6.29. The number of hydrogen-bond acceptors (Lipinski definition) is 4. The van der Waals surface area contributed by atoms with E-state index in [9.17, 15) is 4.79 Å². The largest absolute Gasteiger partial charge is 0.335 e. The molecule has 140 valence electrons. The molecule has 2 fully saturated rings. The number of nitrogens with zero attached hydrogens (tertiary/aromatic N) is 5. The van der Waals surface area contributed by atoms with Crippen LogP contribution in [0.3, 0.4) is 0 Å². The summed E-state index contributed by atoms with van der Waals surface area (Å²) < 4.78 is 1.87. The Morgan fingerprint density at radius 1 is 1.28 bits per heavy atom. The molecule has 2 aliphatic rings. The van der Waals surface area contributed by atoms with E-state index < -0.39 is 0 Å². The second kappa shape index (κ2) is 7.44. The Balaban J connectivity index is 1.70. The van der Waals surface area contributed by atoms with Crippen LogP contribution in [-0.4, -0.2) is 62.2 Å². The molecule has 0 unspecified atom stereocenters. The molecule has 1 aliphatic heterocycles. The van der Waals surface area contributed by atoms with Crippen LogP contribution >= 0.6 is 0 Å². The van der Waals surface area contributed by atoms with Crippen LogP contribution in [0.1, 0.15) is 63.5 Å². The number of carbonyl (C=O) groups is 1. The lowest BCUT2D eigenvalue weighted by Crippen LogP contribution is -2.48. The Bertz CT molecular complexity index is 605. The van der Waals surface area contributed by atoms with Crippen LogP contribution in [0.2, 0.25) is 0 Å². The molecule has 1 atom stereocenters. The highest BCUT2D eigenvalue weighted by molar-refractivity contribution is 5.77. The fourth-order valence-corrected chi connectivity index (χ4v) is 4.73. The molecule has 0 radical (unpaired) electrons. The average Bonchev–Trinajstić information content (AvgIpc) is 3.12. The van der Waals surface area contributed by atoms with Crippen molar-refractivity contribution in [2.45, 2.75) is 83.8 Å². The highest BCUT2D eigenvalue weighted by Gasteiger charge is 2.48. The van der Waals surface area contributed by atoms with Crippen molar-refractivity contribution >= 4 is 5.91 Å². The first-order valence-corrected chi connectivity index (χ1v) is 9.84. The smallest absolute Gasteiger partial charge is 0.224 e. The summed E-state index contributed by atoms with van der Waals surface area (Å²) in [6.07, 6.45) is 7.85. The summed E-state index contributed by atoms with van der Waals surface area (Å²) in [5.41, 5.74) is 0.108. The van der Waals surface area contributed by atoms with Gasteiger partial charge in [0.05, 0.1) is 6.54 Å². The first kappa shape index (κ1) is 18.4. The predicted molar refractivity (Wildman–Crippen MR) is 98.4 cm³/mol. The van der Waals surface area contributed by atoms with E-state index >= 15 is 0 Å². The molecule has 1 aromatic heterocycles. The molecule has 6 nitrogen and oxygen atoms in total. The molecule has 0 bridgehead atoms. The average molecular weight is 348 g/mol. The van der Waals surface area contributed by atoms with E-state index in [0.29, 0.717) is 24.9 Å². The second-order valence-corrected chi connectivity index (χ2v) is 7.90. The summed E-state index contributed by atoms with van der Waals surface area (Å²) in [7, 11) is 2.19. The minimum absolute atomic E-state index is 0.108. The van der Waals surface area contributed by atoms with Crippen molar-refractivity contribution in [3.63, 3.8) is 0 Å². The number of hydrogen-bond donors (Lipinski definition) is 0. The van der Waals surface area contributed by atoms with Gasteiger partial charge in [-0.3, -0.25) is 4.79 Å². The van der Waals surface area contributed by atoms with Gasteiger partial charge in [-0.1, -0.05) is 26.2 Å². The lowest BCUT2D eigenvalue weighted by Gasteiger charge is -2.41. The number of aryl methyl sites for hydroxylation is 3. The van der Waals surface area contributed by atoms with Crippen molar-refractivity contribution in [2.75, 3.05) is 20.1 Å². The number of likely N-dealkylation sites (N-methyl/N-ethyl adjacent to an activating group) is 1. The third-order valence-electron chi connectivity index (χ3n) is 6.29. The van der Waals surface area contributed by atoms with E-state index in [2.05, 4.69) is 33.9 Å². The van der Waals surface area contributed by atoms with Gasteiger partial charge < -0.3 is 9.80 Å². The second-order valence-electron chi connectivity index (χ2n) is 7.90. The molecular weight excluding hydrogens is 314 g/mol. The molecule has 1 spiro atoms. The van der Waals surface area contributed by atoms with Gasteiger partial charge in [-0.25, -0.2) is 9.67 Å². The monoisotopic (exact) mass is 347 g/mol. The molecule has 1 aromatic rings. The molecular formula is C19H33N5O. The maximum Gasteiger partial charge on any atom is 0.224 e. The Morgan fingerprint density at radius 2 is 2.00 bits per heavy atom. The number of amides is 1. The zero-order chi connectivity index (χ0) is 18.0. The van der Waals surface area contributed by atoms with Crippen molar-refractivity contribution in [1.29, 1.82) is 0 Å². The van der Waals surface area contributed by atoms with Crippen LogP contribution in [0.15, 0.2) is 0 Å². The van der Waals surface area contributed by atoms with Crippen molar-refractivity contribution in [1.82, 2.24) is 24.6 Å². The van der Waals surface area contributed by atoms with Crippen LogP contribution in [0, 0.1) is 13.8 Å². The lowest BCUT2D eigenvalue weighted by molar-refractivity contribution is -0.136. The molecule has 1 amide bonds.